The number of aromatic nitrogens is 4. The number of imidazole rings is 1. The highest BCUT2D eigenvalue weighted by Gasteiger charge is 2.30. The summed E-state index contributed by atoms with van der Waals surface area (Å²) in [7, 11) is 0. The molecule has 6 nitrogen and oxygen atoms in total. The van der Waals surface area contributed by atoms with Gasteiger partial charge in [-0.1, -0.05) is 20.8 Å². The lowest BCUT2D eigenvalue weighted by Crippen LogP contribution is -2.33. The van der Waals surface area contributed by atoms with Crippen LogP contribution in [0.1, 0.15) is 33.6 Å². The fraction of sp³-hybridized carbons (Fsp3) is 0.643. The second-order valence-corrected chi connectivity index (χ2v) is 6.69. The molecule has 108 valence electrons. The first-order valence-electron chi connectivity index (χ1n) is 7.16. The van der Waals surface area contributed by atoms with E-state index in [0.29, 0.717) is 5.65 Å². The van der Waals surface area contributed by atoms with Crippen LogP contribution in [0.25, 0.3) is 11.2 Å². The van der Waals surface area contributed by atoms with Crippen molar-refractivity contribution in [1.29, 1.82) is 0 Å². The molecular formula is C14H22N6. The first kappa shape index (κ1) is 13.1. The smallest absolute Gasteiger partial charge is 0.224 e. The topological polar surface area (TPSA) is 83.7 Å². The molecule has 2 aromatic rings. The van der Waals surface area contributed by atoms with Gasteiger partial charge in [0.2, 0.25) is 5.95 Å². The maximum atomic E-state index is 5.82. The molecule has 6 heteroatoms. The molecule has 1 aliphatic heterocycles. The summed E-state index contributed by atoms with van der Waals surface area (Å²) in [6.07, 6.45) is 4.05. The van der Waals surface area contributed by atoms with Crippen LogP contribution in [-0.2, 0) is 0 Å². The second-order valence-electron chi connectivity index (χ2n) is 6.69. The highest BCUT2D eigenvalue weighted by atomic mass is 15.2. The van der Waals surface area contributed by atoms with Crippen LogP contribution in [0.2, 0.25) is 0 Å². The van der Waals surface area contributed by atoms with E-state index in [1.165, 1.54) is 12.8 Å². The third-order valence-corrected chi connectivity index (χ3v) is 4.00. The summed E-state index contributed by atoms with van der Waals surface area (Å²) in [6.45, 7) is 8.93. The number of rotatable bonds is 1. The highest BCUT2D eigenvalue weighted by molar-refractivity contribution is 5.84. The Morgan fingerprint density at radius 2 is 2.20 bits per heavy atom. The lowest BCUT2D eigenvalue weighted by Gasteiger charge is -2.30. The molecule has 3 heterocycles. The number of hydrogen-bond donors (Lipinski definition) is 2. The zero-order chi connectivity index (χ0) is 14.3. The maximum absolute atomic E-state index is 5.82. The average molecular weight is 274 g/mol. The Labute approximate surface area is 118 Å². The van der Waals surface area contributed by atoms with E-state index in [1.54, 1.807) is 6.33 Å². The van der Waals surface area contributed by atoms with Gasteiger partial charge in [-0.3, -0.25) is 0 Å². The average Bonchev–Trinajstić information content (AvgIpc) is 2.75. The van der Waals surface area contributed by atoms with Crippen LogP contribution in [0, 0.1) is 11.3 Å². The van der Waals surface area contributed by atoms with Crippen LogP contribution in [-0.4, -0.2) is 33.0 Å². The molecule has 0 spiro atoms. The molecule has 1 atom stereocenters. The number of nitrogens with one attached hydrogen (secondary N) is 1. The molecule has 0 aromatic carbocycles. The molecule has 3 rings (SSSR count). The zero-order valence-electron chi connectivity index (χ0n) is 12.3. The summed E-state index contributed by atoms with van der Waals surface area (Å²) in [4.78, 5) is 18.3. The number of nitrogens with two attached hydrogens (primary N) is 1. The van der Waals surface area contributed by atoms with E-state index in [0.717, 1.165) is 30.3 Å². The standard InChI is InChI=1S/C14H22N6/c1-9-4-5-20(7-14(2,3)6-9)12-10-11(17-8-16-10)18-13(15)19-12/h8-9H,4-7H2,1-3H3,(H3,15,16,17,18,19). The van der Waals surface area contributed by atoms with Crippen LogP contribution in [0.3, 0.4) is 0 Å². The first-order valence-corrected chi connectivity index (χ1v) is 7.16. The molecule has 0 aliphatic carbocycles. The first-order chi connectivity index (χ1) is 9.44. The number of nitrogens with zero attached hydrogens (tertiary/aromatic N) is 4. The molecular weight excluding hydrogens is 252 g/mol. The predicted molar refractivity (Wildman–Crippen MR) is 80.5 cm³/mol. The Hall–Kier alpha value is -1.85. The summed E-state index contributed by atoms with van der Waals surface area (Å²) in [5.74, 6) is 1.90. The van der Waals surface area contributed by atoms with E-state index < -0.39 is 0 Å². The third-order valence-electron chi connectivity index (χ3n) is 4.00. The van der Waals surface area contributed by atoms with Crippen LogP contribution < -0.4 is 10.6 Å². The van der Waals surface area contributed by atoms with Gasteiger partial charge in [-0.15, -0.1) is 0 Å². The minimum atomic E-state index is 0.266. The van der Waals surface area contributed by atoms with Crippen molar-refractivity contribution in [2.75, 3.05) is 23.7 Å². The van der Waals surface area contributed by atoms with Gasteiger partial charge in [0.15, 0.2) is 11.5 Å². The van der Waals surface area contributed by atoms with E-state index in [9.17, 15) is 0 Å². The van der Waals surface area contributed by atoms with Crippen molar-refractivity contribution in [1.82, 2.24) is 19.9 Å². The molecule has 1 aliphatic rings. The van der Waals surface area contributed by atoms with Crippen molar-refractivity contribution in [3.8, 4) is 0 Å². The Morgan fingerprint density at radius 3 is 3.00 bits per heavy atom. The maximum Gasteiger partial charge on any atom is 0.224 e. The fourth-order valence-corrected chi connectivity index (χ4v) is 3.33. The molecule has 0 bridgehead atoms. The zero-order valence-corrected chi connectivity index (χ0v) is 12.3. The monoisotopic (exact) mass is 274 g/mol. The van der Waals surface area contributed by atoms with Gasteiger partial charge < -0.3 is 15.6 Å². The van der Waals surface area contributed by atoms with Crippen LogP contribution in [0.15, 0.2) is 6.33 Å². The molecule has 1 unspecified atom stereocenters. The molecule has 3 N–H and O–H groups in total. The number of aromatic amines is 1. The van der Waals surface area contributed by atoms with Crippen LogP contribution >= 0.6 is 0 Å². The van der Waals surface area contributed by atoms with Crippen molar-refractivity contribution >= 4 is 22.9 Å². The van der Waals surface area contributed by atoms with Gasteiger partial charge in [0, 0.05) is 13.1 Å². The molecule has 1 saturated heterocycles. The van der Waals surface area contributed by atoms with Crippen LogP contribution in [0.5, 0.6) is 0 Å². The molecule has 0 saturated carbocycles. The Kier molecular flexibility index (Phi) is 3.03. The van der Waals surface area contributed by atoms with Crippen molar-refractivity contribution in [2.45, 2.75) is 33.6 Å². The van der Waals surface area contributed by atoms with E-state index in [2.05, 4.69) is 45.6 Å². The Bertz CT molecular complexity index is 617. The number of hydrogen-bond acceptors (Lipinski definition) is 5. The van der Waals surface area contributed by atoms with Gasteiger partial charge in [-0.2, -0.15) is 9.97 Å². The van der Waals surface area contributed by atoms with Gasteiger partial charge in [-0.25, -0.2) is 4.98 Å². The van der Waals surface area contributed by atoms with Gasteiger partial charge in [0.1, 0.15) is 5.52 Å². The summed E-state index contributed by atoms with van der Waals surface area (Å²) in [5.41, 5.74) is 7.61. The molecule has 1 fully saturated rings. The minimum absolute atomic E-state index is 0.266. The van der Waals surface area contributed by atoms with Gasteiger partial charge >= 0.3 is 0 Å². The second kappa shape index (κ2) is 4.61. The lowest BCUT2D eigenvalue weighted by atomic mass is 9.83. The van der Waals surface area contributed by atoms with Crippen molar-refractivity contribution in [3.05, 3.63) is 6.33 Å². The van der Waals surface area contributed by atoms with E-state index in [1.807, 2.05) is 0 Å². The molecule has 2 aromatic heterocycles. The van der Waals surface area contributed by atoms with Gasteiger partial charge in [0.05, 0.1) is 6.33 Å². The summed E-state index contributed by atoms with van der Waals surface area (Å²) < 4.78 is 0. The summed E-state index contributed by atoms with van der Waals surface area (Å²) >= 11 is 0. The van der Waals surface area contributed by atoms with Crippen molar-refractivity contribution < 1.29 is 0 Å². The minimum Gasteiger partial charge on any atom is -0.368 e. The molecule has 0 amide bonds. The number of anilines is 2. The van der Waals surface area contributed by atoms with Gasteiger partial charge in [0.25, 0.3) is 0 Å². The molecule has 20 heavy (non-hydrogen) atoms. The lowest BCUT2D eigenvalue weighted by molar-refractivity contribution is 0.302. The van der Waals surface area contributed by atoms with Gasteiger partial charge in [-0.05, 0) is 24.2 Å². The summed E-state index contributed by atoms with van der Waals surface area (Å²) in [6, 6.07) is 0. The quantitative estimate of drug-likeness (QED) is 0.833. The highest BCUT2D eigenvalue weighted by Crippen LogP contribution is 2.34. The van der Waals surface area contributed by atoms with E-state index in [-0.39, 0.29) is 11.4 Å². The number of H-pyrrole nitrogens is 1. The van der Waals surface area contributed by atoms with Crippen LogP contribution in [0.4, 0.5) is 11.8 Å². The van der Waals surface area contributed by atoms with E-state index in [4.69, 9.17) is 5.73 Å². The SMILES string of the molecule is CC1CCN(c2nc(N)nc3nc[nH]c23)CC(C)(C)C1. The summed E-state index contributed by atoms with van der Waals surface area (Å²) in [5, 5.41) is 0. The number of nitrogen functional groups attached to an aromatic ring is 1. The third kappa shape index (κ3) is 2.42. The predicted octanol–water partition coefficient (Wildman–Crippen LogP) is 2.20. The normalized spacial score (nSPS) is 22.9. The fourth-order valence-electron chi connectivity index (χ4n) is 3.33. The molecule has 0 radical (unpaired) electrons. The van der Waals surface area contributed by atoms with E-state index >= 15 is 0 Å². The van der Waals surface area contributed by atoms with Crippen molar-refractivity contribution in [3.63, 3.8) is 0 Å². The largest absolute Gasteiger partial charge is 0.368 e. The Balaban J connectivity index is 2.03. The number of fused-ring (bicyclic) bond motifs is 1. The Morgan fingerprint density at radius 1 is 1.40 bits per heavy atom. The van der Waals surface area contributed by atoms with Crippen molar-refractivity contribution in [2.24, 2.45) is 11.3 Å².